The topological polar surface area (TPSA) is 139 Å². The van der Waals surface area contributed by atoms with Crippen molar-refractivity contribution in [1.29, 1.82) is 0 Å². The molecule has 0 spiro atoms. The Labute approximate surface area is 127 Å². The maximum absolute atomic E-state index is 11.8. The Bertz CT molecular complexity index is 628. The molecule has 10 heteroatoms. The van der Waals surface area contributed by atoms with Crippen LogP contribution in [0.2, 0.25) is 0 Å². The molecule has 1 saturated heterocycles. The van der Waals surface area contributed by atoms with E-state index in [1.165, 1.54) is 10.8 Å². The maximum atomic E-state index is 11.8. The van der Waals surface area contributed by atoms with E-state index in [2.05, 4.69) is 15.0 Å². The molecule has 1 fully saturated rings. The zero-order valence-corrected chi connectivity index (χ0v) is 12.8. The summed E-state index contributed by atoms with van der Waals surface area (Å²) in [6.45, 7) is 1.71. The summed E-state index contributed by atoms with van der Waals surface area (Å²) in [5.74, 6) is 0.153. The number of alkyl halides is 1. The molecule has 2 heterocycles. The van der Waals surface area contributed by atoms with Crippen molar-refractivity contribution in [1.82, 2.24) is 9.55 Å². The van der Waals surface area contributed by atoms with Gasteiger partial charge >= 0.3 is 5.69 Å². The first-order valence-electron chi connectivity index (χ1n) is 5.77. The van der Waals surface area contributed by atoms with Crippen molar-refractivity contribution < 1.29 is 9.84 Å². The van der Waals surface area contributed by atoms with Gasteiger partial charge < -0.3 is 15.6 Å². The van der Waals surface area contributed by atoms with Gasteiger partial charge in [-0.1, -0.05) is 27.7 Å². The first kappa shape index (κ1) is 15.0. The van der Waals surface area contributed by atoms with Gasteiger partial charge in [-0.25, -0.2) is 4.79 Å². The number of aryl methyl sites for hydroxylation is 1. The molecule has 0 aliphatic carbocycles. The number of aromatic nitrogens is 2. The summed E-state index contributed by atoms with van der Waals surface area (Å²) in [6.07, 6.45) is -0.0939. The minimum absolute atomic E-state index is 0.132. The lowest BCUT2D eigenvalue weighted by molar-refractivity contribution is -0.0819. The summed E-state index contributed by atoms with van der Waals surface area (Å²) in [7, 11) is 0. The van der Waals surface area contributed by atoms with Crippen LogP contribution in [0.15, 0.2) is 16.1 Å². The van der Waals surface area contributed by atoms with Gasteiger partial charge in [0.05, 0.1) is 6.10 Å². The predicted molar refractivity (Wildman–Crippen MR) is 79.2 cm³/mol. The first-order chi connectivity index (χ1) is 9.43. The van der Waals surface area contributed by atoms with Gasteiger partial charge in [-0.05, 0) is 12.5 Å². The van der Waals surface area contributed by atoms with Crippen molar-refractivity contribution in [2.45, 2.75) is 31.4 Å². The third kappa shape index (κ3) is 2.46. The lowest BCUT2D eigenvalue weighted by Crippen LogP contribution is -2.38. The third-order valence-corrected chi connectivity index (χ3v) is 4.27. The smallest absolute Gasteiger partial charge is 0.351 e. The Morgan fingerprint density at radius 3 is 3.15 bits per heavy atom. The van der Waals surface area contributed by atoms with Crippen LogP contribution in [0.3, 0.4) is 0 Å². The molecule has 3 atom stereocenters. The maximum Gasteiger partial charge on any atom is 0.351 e. The molecule has 1 aromatic heterocycles. The third-order valence-electron chi connectivity index (χ3n) is 3.18. The minimum atomic E-state index is -1.37. The van der Waals surface area contributed by atoms with E-state index in [0.717, 1.165) is 0 Å². The van der Waals surface area contributed by atoms with E-state index in [1.807, 2.05) is 22.6 Å². The fourth-order valence-electron chi connectivity index (χ4n) is 2.01. The minimum Gasteiger partial charge on any atom is -0.390 e. The molecular weight excluding hydrogens is 379 g/mol. The number of halogens is 1. The van der Waals surface area contributed by atoms with E-state index in [1.54, 1.807) is 6.92 Å². The van der Waals surface area contributed by atoms with Crippen molar-refractivity contribution >= 4 is 28.4 Å². The van der Waals surface area contributed by atoms with Crippen LogP contribution in [-0.4, -0.2) is 30.9 Å². The molecule has 9 nitrogen and oxygen atoms in total. The number of aliphatic hydroxyl groups is 1. The van der Waals surface area contributed by atoms with E-state index >= 15 is 0 Å². The standard InChI is InChI=1S/C10H13IN6O3/c1-5-3-17(9(19)14-8(5)12)7-2-6(18)10(4-11,20-7)15-16-13/h3,6-7,18H,2,4H2,1H3,(H2,12,14,19)/t6-,7-,10+/m0/s1. The van der Waals surface area contributed by atoms with Gasteiger partial charge in [0.1, 0.15) is 12.0 Å². The van der Waals surface area contributed by atoms with Crippen LogP contribution in [0, 0.1) is 6.92 Å². The Balaban J connectivity index is 2.40. The monoisotopic (exact) mass is 392 g/mol. The second-order valence-electron chi connectivity index (χ2n) is 4.49. The highest BCUT2D eigenvalue weighted by molar-refractivity contribution is 14.1. The largest absolute Gasteiger partial charge is 0.390 e. The Morgan fingerprint density at radius 1 is 1.85 bits per heavy atom. The summed E-state index contributed by atoms with van der Waals surface area (Å²) in [5, 5.41) is 13.6. The summed E-state index contributed by atoms with van der Waals surface area (Å²) >= 11 is 1.96. The number of nitrogens with two attached hydrogens (primary N) is 1. The zero-order valence-electron chi connectivity index (χ0n) is 10.6. The highest BCUT2D eigenvalue weighted by atomic mass is 127. The fraction of sp³-hybridized carbons (Fsp3) is 0.600. The van der Waals surface area contributed by atoms with E-state index in [4.69, 9.17) is 16.0 Å². The van der Waals surface area contributed by atoms with Crippen LogP contribution in [-0.2, 0) is 4.74 Å². The van der Waals surface area contributed by atoms with E-state index in [9.17, 15) is 9.90 Å². The highest BCUT2D eigenvalue weighted by Crippen LogP contribution is 2.38. The van der Waals surface area contributed by atoms with Gasteiger partial charge in [0.15, 0.2) is 5.72 Å². The van der Waals surface area contributed by atoms with Crippen LogP contribution >= 0.6 is 22.6 Å². The van der Waals surface area contributed by atoms with Crippen molar-refractivity contribution in [3.8, 4) is 0 Å². The lowest BCUT2D eigenvalue weighted by atomic mass is 10.1. The summed E-state index contributed by atoms with van der Waals surface area (Å²) in [4.78, 5) is 18.2. The number of nitrogen functional groups attached to an aromatic ring is 1. The predicted octanol–water partition coefficient (Wildman–Crippen LogP) is 0.855. The first-order valence-corrected chi connectivity index (χ1v) is 7.29. The number of aliphatic hydroxyl groups excluding tert-OH is 1. The summed E-state index contributed by atoms with van der Waals surface area (Å²) < 4.78 is 7.13. The van der Waals surface area contributed by atoms with E-state index < -0.39 is 23.7 Å². The molecule has 20 heavy (non-hydrogen) atoms. The summed E-state index contributed by atoms with van der Waals surface area (Å²) in [5.41, 5.74) is 12.8. The van der Waals surface area contributed by atoms with Gasteiger partial charge in [-0.2, -0.15) is 4.98 Å². The van der Waals surface area contributed by atoms with E-state index in [0.29, 0.717) is 5.56 Å². The lowest BCUT2D eigenvalue weighted by Gasteiger charge is -2.24. The van der Waals surface area contributed by atoms with Gasteiger partial charge in [0.25, 0.3) is 0 Å². The second-order valence-corrected chi connectivity index (χ2v) is 5.25. The number of azide groups is 1. The van der Waals surface area contributed by atoms with Gasteiger partial charge in [-0.15, -0.1) is 0 Å². The van der Waals surface area contributed by atoms with Crippen LogP contribution in [0.1, 0.15) is 18.2 Å². The average Bonchev–Trinajstić information content (AvgIpc) is 2.72. The second kappa shape index (κ2) is 5.56. The normalized spacial score (nSPS) is 29.1. The summed E-state index contributed by atoms with van der Waals surface area (Å²) in [6, 6.07) is 0. The molecule has 2 rings (SSSR count). The molecule has 0 radical (unpaired) electrons. The molecule has 1 aliphatic rings. The quantitative estimate of drug-likeness (QED) is 0.258. The average molecular weight is 392 g/mol. The number of hydrogen-bond acceptors (Lipinski definition) is 6. The highest BCUT2D eigenvalue weighted by Gasteiger charge is 2.48. The van der Waals surface area contributed by atoms with Crippen LogP contribution in [0.4, 0.5) is 5.82 Å². The molecule has 0 unspecified atom stereocenters. The Morgan fingerprint density at radius 2 is 2.55 bits per heavy atom. The molecular formula is C10H13IN6O3. The number of ether oxygens (including phenoxy) is 1. The number of anilines is 1. The molecule has 0 amide bonds. The number of nitrogens with zero attached hydrogens (tertiary/aromatic N) is 5. The SMILES string of the molecule is Cc1cn([C@@H]2C[C@H](O)[C@](CI)(N=[N+]=[N-])O2)c(=O)nc1N. The van der Waals surface area contributed by atoms with Crippen molar-refractivity contribution in [2.24, 2.45) is 5.11 Å². The molecule has 1 aromatic rings. The molecule has 0 aromatic carbocycles. The van der Waals surface area contributed by atoms with Gasteiger partial charge in [-0.3, -0.25) is 4.57 Å². The van der Waals surface area contributed by atoms with Crippen LogP contribution < -0.4 is 11.4 Å². The molecule has 108 valence electrons. The molecule has 0 saturated carbocycles. The van der Waals surface area contributed by atoms with Gasteiger partial charge in [0.2, 0.25) is 0 Å². The van der Waals surface area contributed by atoms with Gasteiger partial charge in [0, 0.05) is 27.5 Å². The molecule has 0 bridgehead atoms. The Hall–Kier alpha value is -1.36. The fourth-order valence-corrected chi connectivity index (χ4v) is 2.85. The zero-order chi connectivity index (χ0) is 14.9. The van der Waals surface area contributed by atoms with Crippen LogP contribution in [0.25, 0.3) is 10.4 Å². The van der Waals surface area contributed by atoms with Crippen molar-refractivity contribution in [3.63, 3.8) is 0 Å². The van der Waals surface area contributed by atoms with Crippen molar-refractivity contribution in [2.75, 3.05) is 10.2 Å². The van der Waals surface area contributed by atoms with Crippen LogP contribution in [0.5, 0.6) is 0 Å². The Kier molecular flexibility index (Phi) is 4.18. The number of hydrogen-bond donors (Lipinski definition) is 2. The van der Waals surface area contributed by atoms with Crippen molar-refractivity contribution in [3.05, 3.63) is 32.7 Å². The van der Waals surface area contributed by atoms with E-state index in [-0.39, 0.29) is 16.7 Å². The molecule has 1 aliphatic heterocycles. The molecule has 3 N–H and O–H groups in total. The number of rotatable bonds is 3.